The summed E-state index contributed by atoms with van der Waals surface area (Å²) < 4.78 is 20.8. The van der Waals surface area contributed by atoms with Gasteiger partial charge in [0.15, 0.2) is 0 Å². The summed E-state index contributed by atoms with van der Waals surface area (Å²) in [4.78, 5) is 0. The molecule has 0 fully saturated rings. The van der Waals surface area contributed by atoms with E-state index < -0.39 is 11.1 Å². The zero-order valence-electron chi connectivity index (χ0n) is 6.63. The molecule has 5 heteroatoms. The smallest absolute Gasteiger partial charge is 0.0449 e. The van der Waals surface area contributed by atoms with Gasteiger partial charge >= 0.3 is 0 Å². The molecule has 13 heavy (non-hydrogen) atoms. The summed E-state index contributed by atoms with van der Waals surface area (Å²) in [5.41, 5.74) is 1.67. The summed E-state index contributed by atoms with van der Waals surface area (Å²) >= 11 is 7.11. The molecule has 0 spiro atoms. The van der Waals surface area contributed by atoms with Crippen LogP contribution in [0.3, 0.4) is 0 Å². The van der Waals surface area contributed by atoms with E-state index in [9.17, 15) is 8.76 Å². The van der Waals surface area contributed by atoms with Crippen molar-refractivity contribution in [3.8, 4) is 0 Å². The van der Waals surface area contributed by atoms with Gasteiger partial charge in [0.2, 0.25) is 0 Å². The highest BCUT2D eigenvalue weighted by Gasteiger charge is 2.00. The summed E-state index contributed by atoms with van der Waals surface area (Å²) in [6.07, 6.45) is 0. The van der Waals surface area contributed by atoms with E-state index in [0.717, 1.165) is 5.56 Å². The fraction of sp³-hybridized carbons (Fsp3) is 0.250. The van der Waals surface area contributed by atoms with E-state index in [-0.39, 0.29) is 5.75 Å². The molecular weight excluding hydrogens is 276 g/mol. The maximum absolute atomic E-state index is 10.4. The van der Waals surface area contributed by atoms with Gasteiger partial charge in [-0.15, -0.1) is 0 Å². The third-order valence-corrected chi connectivity index (χ3v) is 3.07. The highest BCUT2D eigenvalue weighted by molar-refractivity contribution is 9.08. The molecule has 0 N–H and O–H groups in total. The van der Waals surface area contributed by atoms with Gasteiger partial charge in [-0.05, 0) is 17.2 Å². The van der Waals surface area contributed by atoms with Crippen LogP contribution in [0.5, 0.6) is 0 Å². The number of rotatable bonds is 3. The van der Waals surface area contributed by atoms with Crippen LogP contribution in [0.1, 0.15) is 11.1 Å². The van der Waals surface area contributed by atoms with Crippen molar-refractivity contribution in [2.24, 2.45) is 0 Å². The number of benzene rings is 1. The lowest BCUT2D eigenvalue weighted by Crippen LogP contribution is -1.93. The first-order valence-electron chi connectivity index (χ1n) is 3.52. The second-order valence-electron chi connectivity index (χ2n) is 2.51. The maximum Gasteiger partial charge on any atom is 0.0449 e. The zero-order valence-corrected chi connectivity index (χ0v) is 9.79. The molecule has 0 amide bonds. The van der Waals surface area contributed by atoms with Crippen molar-refractivity contribution >= 4 is 38.6 Å². The minimum atomic E-state index is -2.05. The quantitative estimate of drug-likeness (QED) is 0.631. The summed E-state index contributed by atoms with van der Waals surface area (Å²) in [6, 6.07) is 5.26. The Morgan fingerprint density at radius 1 is 1.54 bits per heavy atom. The first kappa shape index (κ1) is 11.2. The van der Waals surface area contributed by atoms with Gasteiger partial charge in [0.25, 0.3) is 0 Å². The number of hydrogen-bond donors (Lipinski definition) is 0. The minimum absolute atomic E-state index is 0.0162. The second kappa shape index (κ2) is 5.10. The number of halogens is 2. The highest BCUT2D eigenvalue weighted by atomic mass is 79.9. The summed E-state index contributed by atoms with van der Waals surface area (Å²) in [7, 11) is 0. The fourth-order valence-corrected chi connectivity index (χ4v) is 2.30. The third kappa shape index (κ3) is 3.38. The minimum Gasteiger partial charge on any atom is -0.772 e. The van der Waals surface area contributed by atoms with Crippen LogP contribution < -0.4 is 0 Å². The zero-order chi connectivity index (χ0) is 9.84. The Morgan fingerprint density at radius 3 is 2.69 bits per heavy atom. The molecule has 0 heterocycles. The Hall–Kier alpha value is 0.1000. The molecule has 0 radical (unpaired) electrons. The molecule has 1 rings (SSSR count). The third-order valence-electron chi connectivity index (χ3n) is 1.55. The Bertz CT molecular complexity index is 330. The summed E-state index contributed by atoms with van der Waals surface area (Å²) in [5, 5.41) is 1.27. The van der Waals surface area contributed by atoms with Gasteiger partial charge in [-0.3, -0.25) is 4.21 Å². The Labute approximate surface area is 92.7 Å². The summed E-state index contributed by atoms with van der Waals surface area (Å²) in [6.45, 7) is 0. The van der Waals surface area contributed by atoms with Gasteiger partial charge in [-0.1, -0.05) is 50.7 Å². The molecule has 1 aromatic carbocycles. The standard InChI is InChI=1S/C8H8BrClO2S/c9-4-7-2-1-6(3-8(7)10)5-13(11)12/h1-3H,4-5H2,(H,11,12)/p-1. The second-order valence-corrected chi connectivity index (χ2v) is 4.37. The molecule has 1 atom stereocenters. The van der Waals surface area contributed by atoms with Gasteiger partial charge in [-0.25, -0.2) is 0 Å². The molecule has 1 unspecified atom stereocenters. The van der Waals surface area contributed by atoms with Crippen molar-refractivity contribution in [1.29, 1.82) is 0 Å². The lowest BCUT2D eigenvalue weighted by Gasteiger charge is -2.06. The Morgan fingerprint density at radius 2 is 2.23 bits per heavy atom. The van der Waals surface area contributed by atoms with Crippen LogP contribution in [0.2, 0.25) is 5.02 Å². The maximum atomic E-state index is 10.4. The lowest BCUT2D eigenvalue weighted by atomic mass is 10.2. The molecule has 72 valence electrons. The monoisotopic (exact) mass is 281 g/mol. The van der Waals surface area contributed by atoms with Crippen molar-refractivity contribution in [2.75, 3.05) is 0 Å². The lowest BCUT2D eigenvalue weighted by molar-refractivity contribution is 0.536. The summed E-state index contributed by atoms with van der Waals surface area (Å²) in [5.74, 6) is 0.0162. The van der Waals surface area contributed by atoms with Gasteiger partial charge in [0, 0.05) is 16.1 Å². The molecule has 1 aromatic rings. The van der Waals surface area contributed by atoms with Crippen LogP contribution in [0.25, 0.3) is 0 Å². The van der Waals surface area contributed by atoms with Crippen LogP contribution in [0.15, 0.2) is 18.2 Å². The van der Waals surface area contributed by atoms with Crippen molar-refractivity contribution in [2.45, 2.75) is 11.1 Å². The molecule has 0 aromatic heterocycles. The Kier molecular flexibility index (Phi) is 4.38. The van der Waals surface area contributed by atoms with Gasteiger partial charge in [0.1, 0.15) is 0 Å². The van der Waals surface area contributed by atoms with E-state index in [0.29, 0.717) is 15.9 Å². The van der Waals surface area contributed by atoms with Crippen LogP contribution in [0.4, 0.5) is 0 Å². The van der Waals surface area contributed by atoms with Crippen LogP contribution in [0, 0.1) is 0 Å². The normalized spacial score (nSPS) is 12.8. The largest absolute Gasteiger partial charge is 0.772 e. The highest BCUT2D eigenvalue weighted by Crippen LogP contribution is 2.20. The predicted octanol–water partition coefficient (Wildman–Crippen LogP) is 2.61. The van der Waals surface area contributed by atoms with E-state index in [1.54, 1.807) is 12.1 Å². The average molecular weight is 283 g/mol. The molecule has 0 aliphatic carbocycles. The van der Waals surface area contributed by atoms with E-state index in [1.165, 1.54) is 0 Å². The number of alkyl halides is 1. The molecule has 2 nitrogen and oxygen atoms in total. The number of hydrogen-bond acceptors (Lipinski definition) is 2. The molecular formula is C8H7BrClO2S-. The van der Waals surface area contributed by atoms with Gasteiger partial charge in [-0.2, -0.15) is 0 Å². The Balaban J connectivity index is 2.89. The van der Waals surface area contributed by atoms with E-state index >= 15 is 0 Å². The van der Waals surface area contributed by atoms with E-state index in [4.69, 9.17) is 11.6 Å². The molecule has 0 bridgehead atoms. The van der Waals surface area contributed by atoms with E-state index in [1.807, 2.05) is 6.07 Å². The molecule has 0 saturated carbocycles. The molecule has 0 aliphatic rings. The predicted molar refractivity (Wildman–Crippen MR) is 56.7 cm³/mol. The van der Waals surface area contributed by atoms with Gasteiger partial charge < -0.3 is 4.55 Å². The van der Waals surface area contributed by atoms with Crippen LogP contribution >= 0.6 is 27.5 Å². The first-order chi connectivity index (χ1) is 6.13. The average Bonchev–Trinajstić information content (AvgIpc) is 2.03. The van der Waals surface area contributed by atoms with E-state index in [2.05, 4.69) is 15.9 Å². The first-order valence-corrected chi connectivity index (χ1v) is 6.27. The molecule has 0 aliphatic heterocycles. The SMILES string of the molecule is O=S([O-])Cc1ccc(CBr)c(Cl)c1. The van der Waals surface area contributed by atoms with Gasteiger partial charge in [0.05, 0.1) is 0 Å². The van der Waals surface area contributed by atoms with Crippen molar-refractivity contribution in [3.05, 3.63) is 34.3 Å². The fourth-order valence-electron chi connectivity index (χ4n) is 0.925. The van der Waals surface area contributed by atoms with Crippen LogP contribution in [-0.4, -0.2) is 8.76 Å². The topological polar surface area (TPSA) is 40.1 Å². The van der Waals surface area contributed by atoms with Crippen molar-refractivity contribution in [3.63, 3.8) is 0 Å². The van der Waals surface area contributed by atoms with Crippen LogP contribution in [-0.2, 0) is 22.2 Å². The van der Waals surface area contributed by atoms with Crippen molar-refractivity contribution in [1.82, 2.24) is 0 Å². The van der Waals surface area contributed by atoms with Crippen molar-refractivity contribution < 1.29 is 8.76 Å². The molecule has 0 saturated heterocycles.